The number of hydrogen-bond donors (Lipinski definition) is 2. The number of rotatable bonds is 11. The second kappa shape index (κ2) is 13.1. The molecule has 0 aliphatic heterocycles. The largest absolute Gasteiger partial charge is 0.444 e. The van der Waals surface area contributed by atoms with Crippen molar-refractivity contribution in [2.75, 3.05) is 6.54 Å². The Morgan fingerprint density at radius 2 is 1.81 bits per heavy atom. The fourth-order valence-electron chi connectivity index (χ4n) is 4.48. The standard InChI is InChI=1S/C29H47N3O4/c1-9-10-17-30-26(33)25(23-16-11-13-20(4)21(23)5)32(22-14-12-15-22)27(34)24(18-19(2)3)31-28(35)36-29(6,7)8/h11,13,16,19,22,24-25H,9-10,12,14-15,17-18H2,1-8H3,(H,30,33)(H,31,35). The van der Waals surface area contributed by atoms with Crippen molar-refractivity contribution in [3.05, 3.63) is 34.9 Å². The first-order valence-electron chi connectivity index (χ1n) is 13.5. The average Bonchev–Trinajstić information content (AvgIpc) is 2.72. The van der Waals surface area contributed by atoms with Crippen molar-refractivity contribution in [3.8, 4) is 0 Å². The van der Waals surface area contributed by atoms with E-state index in [1.54, 1.807) is 25.7 Å². The van der Waals surface area contributed by atoms with Crippen molar-refractivity contribution in [1.82, 2.24) is 15.5 Å². The van der Waals surface area contributed by atoms with Crippen molar-refractivity contribution in [3.63, 3.8) is 0 Å². The smallest absolute Gasteiger partial charge is 0.408 e. The number of carbonyl (C=O) groups excluding carboxylic acids is 3. The van der Waals surface area contributed by atoms with E-state index in [9.17, 15) is 14.4 Å². The third-order valence-corrected chi connectivity index (χ3v) is 6.72. The summed E-state index contributed by atoms with van der Waals surface area (Å²) < 4.78 is 5.47. The molecule has 7 nitrogen and oxygen atoms in total. The quantitative estimate of drug-likeness (QED) is 0.387. The highest BCUT2D eigenvalue weighted by molar-refractivity contribution is 5.92. The number of amides is 3. The van der Waals surface area contributed by atoms with Crippen LogP contribution in [-0.4, -0.2) is 47.0 Å². The van der Waals surface area contributed by atoms with Gasteiger partial charge in [0, 0.05) is 12.6 Å². The SMILES string of the molecule is CCCCNC(=O)C(c1cccc(C)c1C)N(C(=O)C(CC(C)C)NC(=O)OC(C)(C)C)C1CCC1. The Morgan fingerprint density at radius 1 is 1.14 bits per heavy atom. The van der Waals surface area contributed by atoms with Gasteiger partial charge in [-0.25, -0.2) is 4.79 Å². The van der Waals surface area contributed by atoms with Crippen LogP contribution in [-0.2, 0) is 14.3 Å². The lowest BCUT2D eigenvalue weighted by atomic mass is 9.86. The summed E-state index contributed by atoms with van der Waals surface area (Å²) in [5.41, 5.74) is 2.24. The molecular formula is C29H47N3O4. The fourth-order valence-corrected chi connectivity index (χ4v) is 4.48. The maximum Gasteiger partial charge on any atom is 0.408 e. The summed E-state index contributed by atoms with van der Waals surface area (Å²) in [6.07, 6.45) is 4.38. The fraction of sp³-hybridized carbons (Fsp3) is 0.690. The van der Waals surface area contributed by atoms with Gasteiger partial charge >= 0.3 is 6.09 Å². The number of benzene rings is 1. The van der Waals surface area contributed by atoms with Gasteiger partial charge in [-0.3, -0.25) is 9.59 Å². The highest BCUT2D eigenvalue weighted by Crippen LogP contribution is 2.35. The lowest BCUT2D eigenvalue weighted by molar-refractivity contribution is -0.147. The first kappa shape index (κ1) is 29.7. The van der Waals surface area contributed by atoms with Crippen LogP contribution in [0.1, 0.15) is 103 Å². The van der Waals surface area contributed by atoms with Gasteiger partial charge < -0.3 is 20.3 Å². The van der Waals surface area contributed by atoms with E-state index in [1.807, 2.05) is 45.9 Å². The predicted octanol–water partition coefficient (Wildman–Crippen LogP) is 5.58. The van der Waals surface area contributed by atoms with Gasteiger partial charge in [-0.2, -0.15) is 0 Å². The third-order valence-electron chi connectivity index (χ3n) is 6.72. The van der Waals surface area contributed by atoms with E-state index in [4.69, 9.17) is 4.74 Å². The van der Waals surface area contributed by atoms with Gasteiger partial charge in [0.2, 0.25) is 11.8 Å². The van der Waals surface area contributed by atoms with Gasteiger partial charge in [0.1, 0.15) is 17.7 Å². The van der Waals surface area contributed by atoms with Gasteiger partial charge in [0.15, 0.2) is 0 Å². The third kappa shape index (κ3) is 8.24. The molecule has 0 bridgehead atoms. The van der Waals surface area contributed by atoms with Gasteiger partial charge in [-0.15, -0.1) is 0 Å². The first-order chi connectivity index (χ1) is 16.9. The second-order valence-corrected chi connectivity index (χ2v) is 11.5. The van der Waals surface area contributed by atoms with E-state index >= 15 is 0 Å². The molecule has 0 spiro atoms. The molecule has 0 aromatic heterocycles. The normalized spacial score (nSPS) is 15.6. The number of unbranched alkanes of at least 4 members (excludes halogenated alkanes) is 1. The van der Waals surface area contributed by atoms with E-state index in [0.717, 1.165) is 48.8 Å². The molecule has 2 N–H and O–H groups in total. The van der Waals surface area contributed by atoms with E-state index in [0.29, 0.717) is 13.0 Å². The summed E-state index contributed by atoms with van der Waals surface area (Å²) in [7, 11) is 0. The summed E-state index contributed by atoms with van der Waals surface area (Å²) in [4.78, 5) is 42.4. The summed E-state index contributed by atoms with van der Waals surface area (Å²) in [6.45, 7) is 16.1. The Labute approximate surface area is 217 Å². The summed E-state index contributed by atoms with van der Waals surface area (Å²) in [5, 5.41) is 5.90. The predicted molar refractivity (Wildman–Crippen MR) is 144 cm³/mol. The average molecular weight is 502 g/mol. The zero-order valence-corrected chi connectivity index (χ0v) is 23.6. The molecule has 3 amide bonds. The van der Waals surface area contributed by atoms with E-state index < -0.39 is 23.8 Å². The number of nitrogens with zero attached hydrogens (tertiary/aromatic N) is 1. The highest BCUT2D eigenvalue weighted by Gasteiger charge is 2.42. The molecule has 36 heavy (non-hydrogen) atoms. The molecule has 2 atom stereocenters. The lowest BCUT2D eigenvalue weighted by Crippen LogP contribution is -2.57. The van der Waals surface area contributed by atoms with Crippen LogP contribution in [0.4, 0.5) is 4.79 Å². The van der Waals surface area contributed by atoms with Crippen molar-refractivity contribution in [2.45, 2.75) is 118 Å². The zero-order valence-electron chi connectivity index (χ0n) is 23.6. The molecule has 1 fully saturated rings. The Hall–Kier alpha value is -2.57. The van der Waals surface area contributed by atoms with Crippen LogP contribution in [0.2, 0.25) is 0 Å². The molecule has 1 aliphatic rings. The lowest BCUT2D eigenvalue weighted by Gasteiger charge is -2.44. The molecule has 1 aliphatic carbocycles. The van der Waals surface area contributed by atoms with Gasteiger partial charge in [-0.1, -0.05) is 45.4 Å². The van der Waals surface area contributed by atoms with Gasteiger partial charge in [-0.05, 0) is 89.3 Å². The van der Waals surface area contributed by atoms with Crippen molar-refractivity contribution in [1.29, 1.82) is 0 Å². The van der Waals surface area contributed by atoms with Crippen LogP contribution in [0.15, 0.2) is 18.2 Å². The molecule has 1 aromatic rings. The Balaban J connectivity index is 2.50. The van der Waals surface area contributed by atoms with E-state index in [1.165, 1.54) is 0 Å². The number of aryl methyl sites for hydroxylation is 1. The van der Waals surface area contributed by atoms with Crippen molar-refractivity contribution >= 4 is 17.9 Å². The minimum Gasteiger partial charge on any atom is -0.444 e. The highest BCUT2D eigenvalue weighted by atomic mass is 16.6. The van der Waals surface area contributed by atoms with Gasteiger partial charge in [0.05, 0.1) is 0 Å². The summed E-state index contributed by atoms with van der Waals surface area (Å²) in [6, 6.07) is 4.33. The van der Waals surface area contributed by atoms with Crippen LogP contribution in [0.25, 0.3) is 0 Å². The summed E-state index contributed by atoms with van der Waals surface area (Å²) in [5.74, 6) is -0.233. The van der Waals surface area contributed by atoms with Crippen LogP contribution < -0.4 is 10.6 Å². The number of alkyl carbamates (subject to hydrolysis) is 1. The topological polar surface area (TPSA) is 87.7 Å². The van der Waals surface area contributed by atoms with E-state index in [2.05, 4.69) is 17.6 Å². The number of carbonyl (C=O) groups is 3. The number of nitrogens with one attached hydrogen (secondary N) is 2. The Kier molecular flexibility index (Phi) is 10.8. The number of hydrogen-bond acceptors (Lipinski definition) is 4. The minimum atomic E-state index is -0.781. The van der Waals surface area contributed by atoms with Crippen LogP contribution >= 0.6 is 0 Å². The zero-order chi connectivity index (χ0) is 27.0. The molecule has 2 rings (SSSR count). The molecule has 0 heterocycles. The van der Waals surface area contributed by atoms with E-state index in [-0.39, 0.29) is 23.8 Å². The molecule has 2 unspecified atom stereocenters. The van der Waals surface area contributed by atoms with Crippen LogP contribution in [0, 0.1) is 19.8 Å². The Bertz CT molecular complexity index is 902. The van der Waals surface area contributed by atoms with Gasteiger partial charge in [0.25, 0.3) is 0 Å². The maximum absolute atomic E-state index is 14.2. The number of ether oxygens (including phenoxy) is 1. The van der Waals surface area contributed by atoms with Crippen molar-refractivity contribution in [2.24, 2.45) is 5.92 Å². The van der Waals surface area contributed by atoms with Crippen LogP contribution in [0.5, 0.6) is 0 Å². The molecule has 7 heteroatoms. The molecular weight excluding hydrogens is 454 g/mol. The minimum absolute atomic E-state index is 0.0468. The molecule has 1 saturated carbocycles. The van der Waals surface area contributed by atoms with Crippen LogP contribution in [0.3, 0.4) is 0 Å². The Morgan fingerprint density at radius 3 is 2.33 bits per heavy atom. The molecule has 1 aromatic carbocycles. The molecule has 202 valence electrons. The second-order valence-electron chi connectivity index (χ2n) is 11.5. The maximum atomic E-state index is 14.2. The molecule has 0 radical (unpaired) electrons. The first-order valence-corrected chi connectivity index (χ1v) is 13.5. The molecule has 0 saturated heterocycles. The summed E-state index contributed by atoms with van der Waals surface area (Å²) >= 11 is 0. The monoisotopic (exact) mass is 501 g/mol. The van der Waals surface area contributed by atoms with Crippen molar-refractivity contribution < 1.29 is 19.1 Å².